The van der Waals surface area contributed by atoms with E-state index in [1.54, 1.807) is 6.92 Å². The minimum atomic E-state index is -6.18. The van der Waals surface area contributed by atoms with Crippen molar-refractivity contribution in [3.8, 4) is 11.5 Å². The van der Waals surface area contributed by atoms with E-state index in [2.05, 4.69) is 8.37 Å². The van der Waals surface area contributed by atoms with Crippen molar-refractivity contribution in [2.24, 2.45) is 0 Å². The van der Waals surface area contributed by atoms with Crippen LogP contribution in [0.3, 0.4) is 0 Å². The highest BCUT2D eigenvalue weighted by molar-refractivity contribution is 7.88. The van der Waals surface area contributed by atoms with Crippen LogP contribution in [0.2, 0.25) is 0 Å². The van der Waals surface area contributed by atoms with Gasteiger partial charge in [-0.2, -0.15) is 43.2 Å². The minimum absolute atomic E-state index is 0.0982. The topological polar surface area (TPSA) is 105 Å². The number of hydrogen-bond acceptors (Lipinski definition) is 8. The summed E-state index contributed by atoms with van der Waals surface area (Å²) in [5.74, 6) is -4.08. The van der Waals surface area contributed by atoms with E-state index in [1.807, 2.05) is 0 Å². The van der Waals surface area contributed by atoms with Gasteiger partial charge in [0.05, 0.1) is 23.2 Å². The van der Waals surface area contributed by atoms with E-state index in [0.717, 1.165) is 12.1 Å². The van der Waals surface area contributed by atoms with Gasteiger partial charge in [0.25, 0.3) is 0 Å². The lowest BCUT2D eigenvalue weighted by Gasteiger charge is -2.29. The number of alkyl halides is 6. The molecule has 0 aromatic heterocycles. The van der Waals surface area contributed by atoms with E-state index < -0.39 is 60.6 Å². The van der Waals surface area contributed by atoms with Crippen LogP contribution in [-0.2, 0) is 35.5 Å². The maximum atomic E-state index is 13.1. The van der Waals surface area contributed by atoms with Crippen LogP contribution in [0.25, 0.3) is 0 Å². The van der Waals surface area contributed by atoms with Crippen molar-refractivity contribution in [2.75, 3.05) is 0 Å². The first-order valence-electron chi connectivity index (χ1n) is 10.1. The zero-order valence-electron chi connectivity index (χ0n) is 18.2. The van der Waals surface area contributed by atoms with Gasteiger partial charge in [-0.25, -0.2) is 0 Å². The van der Waals surface area contributed by atoms with Crippen molar-refractivity contribution in [1.82, 2.24) is 0 Å². The predicted octanol–water partition coefficient (Wildman–Crippen LogP) is 3.49. The van der Waals surface area contributed by atoms with Gasteiger partial charge in [0.1, 0.15) is 7.85 Å². The first-order chi connectivity index (χ1) is 16.5. The molecule has 0 saturated heterocycles. The van der Waals surface area contributed by atoms with Gasteiger partial charge in [-0.15, -0.1) is 0 Å². The zero-order valence-corrected chi connectivity index (χ0v) is 19.8. The Labute approximate surface area is 201 Å². The molecule has 1 spiro atoms. The number of halogens is 6. The molecule has 2 aliphatic heterocycles. The van der Waals surface area contributed by atoms with E-state index in [1.165, 1.54) is 32.1 Å². The van der Waals surface area contributed by atoms with Gasteiger partial charge in [-0.3, -0.25) is 0 Å². The summed E-state index contributed by atoms with van der Waals surface area (Å²) in [7, 11) is -10.9. The van der Waals surface area contributed by atoms with Gasteiger partial charge in [0.2, 0.25) is 5.79 Å². The third-order valence-corrected chi connectivity index (χ3v) is 7.48. The zero-order chi connectivity index (χ0) is 26.9. The Morgan fingerprint density at radius 3 is 1.72 bits per heavy atom. The summed E-state index contributed by atoms with van der Waals surface area (Å²) < 4.78 is 146. The van der Waals surface area contributed by atoms with Crippen molar-refractivity contribution >= 4 is 28.1 Å². The summed E-state index contributed by atoms with van der Waals surface area (Å²) in [4.78, 5) is 0. The van der Waals surface area contributed by atoms with Gasteiger partial charge in [-0.1, -0.05) is 31.2 Å². The van der Waals surface area contributed by atoms with Gasteiger partial charge >= 0.3 is 31.3 Å². The fourth-order valence-corrected chi connectivity index (χ4v) is 5.08. The second-order valence-electron chi connectivity index (χ2n) is 7.80. The van der Waals surface area contributed by atoms with Gasteiger partial charge in [0, 0.05) is 0 Å². The first-order valence-corrected chi connectivity index (χ1v) is 12.9. The maximum Gasteiger partial charge on any atom is 0.534 e. The van der Waals surface area contributed by atoms with E-state index >= 15 is 0 Å². The molecule has 4 rings (SSSR count). The Morgan fingerprint density at radius 1 is 0.833 bits per heavy atom. The molecule has 36 heavy (non-hydrogen) atoms. The largest absolute Gasteiger partial charge is 0.534 e. The number of benzene rings is 2. The average Bonchev–Trinajstić information content (AvgIpc) is 3.21. The molecule has 0 bridgehead atoms. The van der Waals surface area contributed by atoms with Crippen molar-refractivity contribution < 1.29 is 61.0 Å². The van der Waals surface area contributed by atoms with Crippen molar-refractivity contribution in [3.05, 3.63) is 58.7 Å². The predicted molar refractivity (Wildman–Crippen MR) is 111 cm³/mol. The molecule has 196 valence electrons. The molecule has 0 saturated carbocycles. The van der Waals surface area contributed by atoms with Crippen molar-refractivity contribution in [3.63, 3.8) is 0 Å². The van der Waals surface area contributed by atoms with Crippen LogP contribution in [0.5, 0.6) is 11.5 Å². The van der Waals surface area contributed by atoms with Crippen LogP contribution in [0.15, 0.2) is 36.4 Å². The van der Waals surface area contributed by atoms with E-state index in [0.29, 0.717) is 0 Å². The molecule has 0 radical (unpaired) electrons. The maximum absolute atomic E-state index is 13.1. The molecule has 0 fully saturated rings. The van der Waals surface area contributed by atoms with Crippen LogP contribution >= 0.6 is 0 Å². The minimum Gasteiger partial charge on any atom is -0.375 e. The summed E-state index contributed by atoms with van der Waals surface area (Å²) in [6, 6.07) is 5.89. The summed E-state index contributed by atoms with van der Waals surface area (Å²) in [5, 5.41) is 0. The molecule has 8 nitrogen and oxygen atoms in total. The molecule has 2 aliphatic rings. The molecule has 0 amide bonds. The summed E-state index contributed by atoms with van der Waals surface area (Å²) >= 11 is 0. The van der Waals surface area contributed by atoms with E-state index in [-0.39, 0.29) is 28.7 Å². The SMILES string of the molecule is B[C@H]1O[C@@]2(O[C@H](CC)c3cccc(OS(=O)(=O)C(F)(F)F)c32)c2c(OS(=O)(=O)C(F)(F)F)cccc21. The number of ether oxygens (including phenoxy) is 2. The standard InChI is InChI=1S/C19H15BF6O8S2/c1-2-11-9-5-3-7-12(33-35(27,28)18(21,22)23)14(9)17(31-11)15-10(16(20)32-17)6-4-8-13(15)34-36(29,30)19(24,25)26/h3-8,11,16H,2,20H2,1H3/t11-,16+,17-/m1/s1. The normalized spacial score (nSPS) is 24.0. The molecule has 2 aromatic carbocycles. The Kier molecular flexibility index (Phi) is 6.09. The quantitative estimate of drug-likeness (QED) is 0.237. The van der Waals surface area contributed by atoms with Crippen LogP contribution in [0, 0.1) is 0 Å². The Bertz CT molecular complexity index is 1420. The lowest BCUT2D eigenvalue weighted by Crippen LogP contribution is -2.33. The average molecular weight is 560 g/mol. The second kappa shape index (κ2) is 8.26. The van der Waals surface area contributed by atoms with Crippen molar-refractivity contribution in [1.29, 1.82) is 0 Å². The fraction of sp³-hybridized carbons (Fsp3) is 0.368. The molecule has 0 unspecified atom stereocenters. The number of fused-ring (bicyclic) bond motifs is 4. The molecule has 2 heterocycles. The van der Waals surface area contributed by atoms with E-state index in [4.69, 9.17) is 9.47 Å². The molecule has 0 N–H and O–H groups in total. The summed E-state index contributed by atoms with van der Waals surface area (Å²) in [6.45, 7) is 1.61. The van der Waals surface area contributed by atoms with Crippen LogP contribution in [0.1, 0.15) is 47.7 Å². The Morgan fingerprint density at radius 2 is 1.28 bits per heavy atom. The Balaban J connectivity index is 1.98. The molecule has 0 aliphatic carbocycles. The summed E-state index contributed by atoms with van der Waals surface area (Å²) in [6.07, 6.45) is -0.774. The molecular weight excluding hydrogens is 545 g/mol. The van der Waals surface area contributed by atoms with Gasteiger partial charge < -0.3 is 17.8 Å². The molecule has 2 aromatic rings. The molecule has 17 heteroatoms. The Hall–Kier alpha value is -2.50. The summed E-state index contributed by atoms with van der Waals surface area (Å²) in [5.41, 5.74) is -12.1. The highest BCUT2D eigenvalue weighted by Crippen LogP contribution is 2.61. The molecule has 3 atom stereocenters. The van der Waals surface area contributed by atoms with Crippen molar-refractivity contribution in [2.45, 2.75) is 42.3 Å². The lowest BCUT2D eigenvalue weighted by molar-refractivity contribution is -0.223. The number of hydrogen-bond donors (Lipinski definition) is 0. The van der Waals surface area contributed by atoms with E-state index in [9.17, 15) is 43.2 Å². The molecular formula is C19H15BF6O8S2. The number of rotatable bonds is 5. The second-order valence-corrected chi connectivity index (χ2v) is 10.9. The monoisotopic (exact) mass is 560 g/mol. The van der Waals surface area contributed by atoms with Crippen LogP contribution in [0.4, 0.5) is 26.3 Å². The van der Waals surface area contributed by atoms with Crippen LogP contribution in [-0.4, -0.2) is 35.7 Å². The highest BCUT2D eigenvalue weighted by Gasteiger charge is 2.59. The highest BCUT2D eigenvalue weighted by atomic mass is 32.2. The fourth-order valence-electron chi connectivity index (χ4n) is 4.15. The van der Waals surface area contributed by atoms with Gasteiger partial charge in [0.15, 0.2) is 11.5 Å². The lowest BCUT2D eigenvalue weighted by atomic mass is 9.87. The third-order valence-electron chi connectivity index (χ3n) is 5.55. The smallest absolute Gasteiger partial charge is 0.375 e. The third kappa shape index (κ3) is 4.01. The first kappa shape index (κ1) is 26.6. The van der Waals surface area contributed by atoms with Crippen LogP contribution < -0.4 is 8.37 Å². The van der Waals surface area contributed by atoms with Gasteiger partial charge in [-0.05, 0) is 29.7 Å².